The lowest BCUT2D eigenvalue weighted by Gasteiger charge is -2.30. The molecule has 94 valence electrons. The van der Waals surface area contributed by atoms with E-state index in [1.807, 2.05) is 6.07 Å². The van der Waals surface area contributed by atoms with Crippen LogP contribution >= 0.6 is 24.0 Å². The van der Waals surface area contributed by atoms with Gasteiger partial charge in [-0.1, -0.05) is 30.3 Å². The van der Waals surface area contributed by atoms with Gasteiger partial charge in [-0.15, -0.1) is 12.4 Å². The maximum atomic E-state index is 11.0. The second kappa shape index (κ2) is 7.00. The molecule has 1 fully saturated rings. The van der Waals surface area contributed by atoms with Crippen molar-refractivity contribution in [3.8, 4) is 0 Å². The second-order valence-electron chi connectivity index (χ2n) is 4.34. The van der Waals surface area contributed by atoms with Crippen LogP contribution in [0, 0.1) is 5.92 Å². The van der Waals surface area contributed by atoms with Crippen molar-refractivity contribution in [3.63, 3.8) is 0 Å². The zero-order valence-corrected chi connectivity index (χ0v) is 11.2. The van der Waals surface area contributed by atoms with Crippen molar-refractivity contribution < 1.29 is 4.79 Å². The molecule has 0 radical (unpaired) electrons. The molecule has 1 aromatic carbocycles. The molecule has 1 saturated heterocycles. The molecule has 0 saturated carbocycles. The van der Waals surface area contributed by atoms with Gasteiger partial charge in [-0.05, 0) is 43.1 Å². The minimum atomic E-state index is -0.167. The molecule has 1 aromatic rings. The molecular weight excluding hydrogens is 257 g/mol. The van der Waals surface area contributed by atoms with Gasteiger partial charge < -0.3 is 0 Å². The third-order valence-electron chi connectivity index (χ3n) is 3.16. The molecule has 1 aliphatic heterocycles. The van der Waals surface area contributed by atoms with E-state index in [2.05, 4.69) is 29.2 Å². The highest BCUT2D eigenvalue weighted by molar-refractivity contribution is 6.63. The van der Waals surface area contributed by atoms with Gasteiger partial charge in [-0.25, -0.2) is 0 Å². The number of benzene rings is 1. The lowest BCUT2D eigenvalue weighted by atomic mass is 9.98. The molecular formula is C13H17Cl2NO. The molecule has 0 aliphatic carbocycles. The number of piperidine rings is 1. The molecule has 1 aliphatic rings. The van der Waals surface area contributed by atoms with Crippen LogP contribution in [-0.4, -0.2) is 23.2 Å². The van der Waals surface area contributed by atoms with E-state index in [0.717, 1.165) is 32.5 Å². The summed E-state index contributed by atoms with van der Waals surface area (Å²) in [7, 11) is 0. The van der Waals surface area contributed by atoms with Crippen molar-refractivity contribution in [2.45, 2.75) is 19.4 Å². The van der Waals surface area contributed by atoms with Crippen LogP contribution in [0.5, 0.6) is 0 Å². The van der Waals surface area contributed by atoms with Gasteiger partial charge in [0, 0.05) is 12.5 Å². The molecule has 0 unspecified atom stereocenters. The number of hydrogen-bond donors (Lipinski definition) is 0. The first-order valence-electron chi connectivity index (χ1n) is 5.71. The van der Waals surface area contributed by atoms with Crippen molar-refractivity contribution in [3.05, 3.63) is 35.9 Å². The largest absolute Gasteiger partial charge is 0.299 e. The van der Waals surface area contributed by atoms with Crippen LogP contribution in [0.15, 0.2) is 30.3 Å². The van der Waals surface area contributed by atoms with Crippen LogP contribution in [0.25, 0.3) is 0 Å². The number of hydrogen-bond acceptors (Lipinski definition) is 2. The first kappa shape index (κ1) is 14.5. The van der Waals surface area contributed by atoms with E-state index >= 15 is 0 Å². The fraction of sp³-hybridized carbons (Fsp3) is 0.462. The Bertz CT molecular complexity index is 348. The van der Waals surface area contributed by atoms with E-state index in [4.69, 9.17) is 11.6 Å². The monoisotopic (exact) mass is 273 g/mol. The van der Waals surface area contributed by atoms with Crippen LogP contribution in [0.4, 0.5) is 0 Å². The van der Waals surface area contributed by atoms with Gasteiger partial charge in [0.1, 0.15) is 0 Å². The number of carbonyl (C=O) groups is 1. The summed E-state index contributed by atoms with van der Waals surface area (Å²) in [5.74, 6) is 0.0775. The Balaban J connectivity index is 0.00000144. The Morgan fingerprint density at radius 3 is 2.35 bits per heavy atom. The van der Waals surface area contributed by atoms with Crippen molar-refractivity contribution in [1.82, 2.24) is 4.90 Å². The van der Waals surface area contributed by atoms with Crippen LogP contribution in [-0.2, 0) is 11.3 Å². The summed E-state index contributed by atoms with van der Waals surface area (Å²) in [6, 6.07) is 10.4. The molecule has 1 heterocycles. The molecule has 0 atom stereocenters. The predicted octanol–water partition coefficient (Wildman–Crippen LogP) is 3.09. The van der Waals surface area contributed by atoms with E-state index in [0.29, 0.717) is 0 Å². The molecule has 0 aromatic heterocycles. The van der Waals surface area contributed by atoms with E-state index in [-0.39, 0.29) is 23.6 Å². The quantitative estimate of drug-likeness (QED) is 0.789. The molecule has 4 heteroatoms. The van der Waals surface area contributed by atoms with E-state index in [1.165, 1.54) is 5.56 Å². The zero-order valence-electron chi connectivity index (χ0n) is 9.64. The van der Waals surface area contributed by atoms with Gasteiger partial charge in [-0.2, -0.15) is 0 Å². The first-order chi connectivity index (χ1) is 7.75. The van der Waals surface area contributed by atoms with E-state index in [9.17, 15) is 4.79 Å². The fourth-order valence-corrected chi connectivity index (χ4v) is 2.38. The van der Waals surface area contributed by atoms with Crippen molar-refractivity contribution >= 4 is 29.3 Å². The van der Waals surface area contributed by atoms with Gasteiger partial charge in [0.2, 0.25) is 5.24 Å². The van der Waals surface area contributed by atoms with Crippen molar-refractivity contribution in [2.75, 3.05) is 13.1 Å². The third-order valence-corrected chi connectivity index (χ3v) is 3.47. The second-order valence-corrected chi connectivity index (χ2v) is 4.71. The third kappa shape index (κ3) is 4.30. The zero-order chi connectivity index (χ0) is 11.4. The summed E-state index contributed by atoms with van der Waals surface area (Å²) < 4.78 is 0. The fourth-order valence-electron chi connectivity index (χ4n) is 2.16. The van der Waals surface area contributed by atoms with Gasteiger partial charge in [0.05, 0.1) is 0 Å². The molecule has 2 nitrogen and oxygen atoms in total. The summed E-state index contributed by atoms with van der Waals surface area (Å²) in [6.07, 6.45) is 1.80. The summed E-state index contributed by atoms with van der Waals surface area (Å²) >= 11 is 5.51. The van der Waals surface area contributed by atoms with Crippen LogP contribution < -0.4 is 0 Å². The molecule has 0 spiro atoms. The highest BCUT2D eigenvalue weighted by atomic mass is 35.5. The van der Waals surface area contributed by atoms with Crippen molar-refractivity contribution in [1.29, 1.82) is 0 Å². The Morgan fingerprint density at radius 1 is 1.24 bits per heavy atom. The minimum absolute atomic E-state index is 0. The highest BCUT2D eigenvalue weighted by Gasteiger charge is 2.23. The highest BCUT2D eigenvalue weighted by Crippen LogP contribution is 2.20. The average molecular weight is 274 g/mol. The van der Waals surface area contributed by atoms with Crippen LogP contribution in [0.2, 0.25) is 0 Å². The standard InChI is InChI=1S/C13H16ClNO.ClH/c14-13(16)12-6-8-15(9-7-12)10-11-4-2-1-3-5-11;/h1-5,12H,6-10H2;1H. The lowest BCUT2D eigenvalue weighted by Crippen LogP contribution is -2.34. The minimum Gasteiger partial charge on any atom is -0.299 e. The maximum absolute atomic E-state index is 11.0. The average Bonchev–Trinajstić information content (AvgIpc) is 2.31. The van der Waals surface area contributed by atoms with Gasteiger partial charge in [0.25, 0.3) is 0 Å². The van der Waals surface area contributed by atoms with Crippen molar-refractivity contribution in [2.24, 2.45) is 5.92 Å². The number of halogens is 2. The number of likely N-dealkylation sites (tertiary alicyclic amines) is 1. The number of rotatable bonds is 3. The lowest BCUT2D eigenvalue weighted by molar-refractivity contribution is -0.116. The number of carbonyl (C=O) groups excluding carboxylic acids is 1. The normalized spacial score (nSPS) is 17.5. The topological polar surface area (TPSA) is 20.3 Å². The summed E-state index contributed by atoms with van der Waals surface area (Å²) in [4.78, 5) is 13.4. The van der Waals surface area contributed by atoms with Crippen LogP contribution in [0.3, 0.4) is 0 Å². The Kier molecular flexibility index (Phi) is 5.96. The smallest absolute Gasteiger partial charge is 0.224 e. The van der Waals surface area contributed by atoms with Gasteiger partial charge in [0.15, 0.2) is 0 Å². The summed E-state index contributed by atoms with van der Waals surface area (Å²) in [5, 5.41) is -0.167. The SMILES string of the molecule is Cl.O=C(Cl)C1CCN(Cc2ccccc2)CC1. The Morgan fingerprint density at radius 2 is 1.82 bits per heavy atom. The van der Waals surface area contributed by atoms with Crippen LogP contribution in [0.1, 0.15) is 18.4 Å². The molecule has 0 amide bonds. The molecule has 0 bridgehead atoms. The predicted molar refractivity (Wildman–Crippen MR) is 72.6 cm³/mol. The Labute approximate surface area is 113 Å². The van der Waals surface area contributed by atoms with Gasteiger partial charge >= 0.3 is 0 Å². The maximum Gasteiger partial charge on any atom is 0.224 e. The Hall–Kier alpha value is -0.570. The number of nitrogens with zero attached hydrogens (tertiary/aromatic N) is 1. The molecule has 17 heavy (non-hydrogen) atoms. The molecule has 2 rings (SSSR count). The van der Waals surface area contributed by atoms with Gasteiger partial charge in [-0.3, -0.25) is 9.69 Å². The first-order valence-corrected chi connectivity index (χ1v) is 6.09. The summed E-state index contributed by atoms with van der Waals surface area (Å²) in [6.45, 7) is 2.92. The molecule has 0 N–H and O–H groups in total. The van der Waals surface area contributed by atoms with E-state index < -0.39 is 0 Å². The van der Waals surface area contributed by atoms with E-state index in [1.54, 1.807) is 0 Å². The summed E-state index contributed by atoms with van der Waals surface area (Å²) in [5.41, 5.74) is 1.33.